The average Bonchev–Trinajstić information content (AvgIpc) is 2.28. The van der Waals surface area contributed by atoms with E-state index in [1.54, 1.807) is 6.26 Å². The first-order valence-corrected chi connectivity index (χ1v) is 6.95. The molecule has 1 atom stereocenters. The van der Waals surface area contributed by atoms with Crippen LogP contribution < -0.4 is 0 Å². The molecule has 0 bridgehead atoms. The van der Waals surface area contributed by atoms with Gasteiger partial charge in [0.05, 0.1) is 12.9 Å². The first-order valence-electron chi connectivity index (χ1n) is 5.42. The second kappa shape index (κ2) is 6.71. The summed E-state index contributed by atoms with van der Waals surface area (Å²) in [5.74, 6) is 0. The van der Waals surface area contributed by atoms with E-state index in [-0.39, 0.29) is 6.61 Å². The van der Waals surface area contributed by atoms with Crippen LogP contribution in [0.15, 0.2) is 42.2 Å². The van der Waals surface area contributed by atoms with Gasteiger partial charge in [0, 0.05) is 0 Å². The molecule has 100 valence electrons. The molecule has 1 aromatic carbocycles. The van der Waals surface area contributed by atoms with Crippen molar-refractivity contribution in [1.82, 2.24) is 0 Å². The summed E-state index contributed by atoms with van der Waals surface area (Å²) in [4.78, 5) is 17.4. The number of hydrogen-bond acceptors (Lipinski definition) is 3. The second-order valence-electron chi connectivity index (χ2n) is 4.02. The Kier molecular flexibility index (Phi) is 5.56. The Morgan fingerprint density at radius 1 is 1.33 bits per heavy atom. The highest BCUT2D eigenvalue weighted by atomic mass is 31.2. The van der Waals surface area contributed by atoms with Crippen LogP contribution in [-0.2, 0) is 13.8 Å². The van der Waals surface area contributed by atoms with Gasteiger partial charge in [0.2, 0.25) is 0 Å². The van der Waals surface area contributed by atoms with Crippen molar-refractivity contribution in [1.29, 1.82) is 0 Å². The van der Waals surface area contributed by atoms with Crippen LogP contribution in [0.25, 0.3) is 0 Å². The van der Waals surface area contributed by atoms with E-state index in [4.69, 9.17) is 14.5 Å². The molecule has 0 radical (unpaired) electrons. The summed E-state index contributed by atoms with van der Waals surface area (Å²) in [5.41, 5.74) is 1.75. The van der Waals surface area contributed by atoms with Crippen LogP contribution in [0.4, 0.5) is 0 Å². The third-order valence-corrected chi connectivity index (χ3v) is 2.52. The first-order chi connectivity index (χ1) is 8.38. The predicted octanol–water partition coefficient (Wildman–Crippen LogP) is 2.78. The van der Waals surface area contributed by atoms with E-state index in [2.05, 4.69) is 4.52 Å². The van der Waals surface area contributed by atoms with Crippen molar-refractivity contribution in [3.63, 3.8) is 0 Å². The monoisotopic (exact) mass is 272 g/mol. The molecule has 0 aliphatic carbocycles. The Morgan fingerprint density at radius 2 is 1.94 bits per heavy atom. The van der Waals surface area contributed by atoms with E-state index in [0.717, 1.165) is 11.1 Å². The van der Waals surface area contributed by atoms with Gasteiger partial charge in [-0.15, -0.1) is 0 Å². The summed E-state index contributed by atoms with van der Waals surface area (Å²) in [6, 6.07) is 9.13. The highest BCUT2D eigenvalue weighted by Gasteiger charge is 2.19. The molecule has 0 saturated heterocycles. The van der Waals surface area contributed by atoms with Crippen molar-refractivity contribution >= 4 is 7.82 Å². The largest absolute Gasteiger partial charge is 0.491 e. The van der Waals surface area contributed by atoms with Crippen molar-refractivity contribution in [2.45, 2.75) is 20.0 Å². The van der Waals surface area contributed by atoms with E-state index in [1.165, 1.54) is 0 Å². The number of ether oxygens (including phenoxy) is 1. The molecule has 18 heavy (non-hydrogen) atoms. The molecule has 0 heterocycles. The lowest BCUT2D eigenvalue weighted by Crippen LogP contribution is -2.08. The first kappa shape index (κ1) is 14.9. The fourth-order valence-corrected chi connectivity index (χ4v) is 1.59. The minimum absolute atomic E-state index is 0.210. The molecule has 0 amide bonds. The number of allylic oxidation sites excluding steroid dienone is 1. The Balaban J connectivity index is 2.76. The van der Waals surface area contributed by atoms with E-state index in [1.807, 2.05) is 44.2 Å². The SMILES string of the molecule is CC(C)=COC(COP(=O)(O)O)c1ccccc1. The fourth-order valence-electron chi connectivity index (χ4n) is 1.26. The van der Waals surface area contributed by atoms with E-state index >= 15 is 0 Å². The summed E-state index contributed by atoms with van der Waals surface area (Å²) in [6.07, 6.45) is 0.995. The molecule has 0 aliphatic rings. The Morgan fingerprint density at radius 3 is 2.44 bits per heavy atom. The van der Waals surface area contributed by atoms with E-state index < -0.39 is 13.9 Å². The van der Waals surface area contributed by atoms with Crippen LogP contribution >= 0.6 is 7.82 Å². The number of phosphoric acid groups is 1. The van der Waals surface area contributed by atoms with E-state index in [9.17, 15) is 4.57 Å². The minimum atomic E-state index is -4.49. The minimum Gasteiger partial charge on any atom is -0.491 e. The van der Waals surface area contributed by atoms with Gasteiger partial charge < -0.3 is 14.5 Å². The summed E-state index contributed by atoms with van der Waals surface area (Å²) >= 11 is 0. The topological polar surface area (TPSA) is 76.0 Å². The van der Waals surface area contributed by atoms with Gasteiger partial charge >= 0.3 is 7.82 Å². The number of phosphoric ester groups is 1. The zero-order chi connectivity index (χ0) is 13.6. The van der Waals surface area contributed by atoms with Crippen LogP contribution in [0.5, 0.6) is 0 Å². The highest BCUT2D eigenvalue weighted by Crippen LogP contribution is 2.37. The number of hydrogen-bond donors (Lipinski definition) is 2. The Hall–Kier alpha value is -1.13. The van der Waals surface area contributed by atoms with Crippen molar-refractivity contribution in [2.75, 3.05) is 6.61 Å². The normalized spacial score (nSPS) is 12.9. The zero-order valence-electron chi connectivity index (χ0n) is 10.3. The fraction of sp³-hybridized carbons (Fsp3) is 0.333. The van der Waals surface area contributed by atoms with Gasteiger partial charge in [0.25, 0.3) is 0 Å². The number of rotatable bonds is 6. The molecule has 5 nitrogen and oxygen atoms in total. The standard InChI is InChI=1S/C12H17O5P/c1-10(2)8-16-12(9-17-18(13,14)15)11-6-4-3-5-7-11/h3-8,12H,9H2,1-2H3,(H2,13,14,15). The van der Waals surface area contributed by atoms with Crippen LogP contribution in [-0.4, -0.2) is 16.4 Å². The lowest BCUT2D eigenvalue weighted by Gasteiger charge is -2.17. The second-order valence-corrected chi connectivity index (χ2v) is 5.26. The van der Waals surface area contributed by atoms with Crippen LogP contribution in [0.2, 0.25) is 0 Å². The molecule has 0 saturated carbocycles. The molecule has 1 unspecified atom stereocenters. The zero-order valence-corrected chi connectivity index (χ0v) is 11.2. The number of benzene rings is 1. The maximum Gasteiger partial charge on any atom is 0.469 e. The van der Waals surface area contributed by atoms with Gasteiger partial charge in [0.15, 0.2) is 0 Å². The highest BCUT2D eigenvalue weighted by molar-refractivity contribution is 7.46. The maximum atomic E-state index is 10.7. The van der Waals surface area contributed by atoms with Gasteiger partial charge in [-0.25, -0.2) is 4.57 Å². The Bertz CT molecular complexity index is 433. The van der Waals surface area contributed by atoms with Crippen LogP contribution in [0.3, 0.4) is 0 Å². The third kappa shape index (κ3) is 5.98. The van der Waals surface area contributed by atoms with Crippen molar-refractivity contribution in [2.24, 2.45) is 0 Å². The van der Waals surface area contributed by atoms with Crippen molar-refractivity contribution < 1.29 is 23.6 Å². The van der Waals surface area contributed by atoms with Crippen LogP contribution in [0, 0.1) is 0 Å². The molecule has 0 aromatic heterocycles. The molecule has 0 spiro atoms. The van der Waals surface area contributed by atoms with Gasteiger partial charge in [-0.1, -0.05) is 30.3 Å². The summed E-state index contributed by atoms with van der Waals surface area (Å²) in [5, 5.41) is 0. The van der Waals surface area contributed by atoms with Gasteiger partial charge in [-0.3, -0.25) is 4.52 Å². The quantitative estimate of drug-likeness (QED) is 0.615. The summed E-state index contributed by atoms with van der Waals surface area (Å²) < 4.78 is 20.7. The average molecular weight is 272 g/mol. The molecule has 0 fully saturated rings. The lowest BCUT2D eigenvalue weighted by molar-refractivity contribution is 0.0695. The smallest absolute Gasteiger partial charge is 0.469 e. The van der Waals surface area contributed by atoms with Crippen molar-refractivity contribution in [3.8, 4) is 0 Å². The van der Waals surface area contributed by atoms with Gasteiger partial charge in [-0.2, -0.15) is 0 Å². The maximum absolute atomic E-state index is 10.7. The molecule has 1 rings (SSSR count). The molecule has 0 aliphatic heterocycles. The molecule has 2 N–H and O–H groups in total. The van der Waals surface area contributed by atoms with Gasteiger partial charge in [0.1, 0.15) is 6.10 Å². The summed E-state index contributed by atoms with van der Waals surface area (Å²) in [7, 11) is -4.49. The van der Waals surface area contributed by atoms with Crippen molar-refractivity contribution in [3.05, 3.63) is 47.7 Å². The Labute approximate surface area is 106 Å². The van der Waals surface area contributed by atoms with Gasteiger partial charge in [-0.05, 0) is 25.0 Å². The van der Waals surface area contributed by atoms with E-state index in [0.29, 0.717) is 0 Å². The molecular weight excluding hydrogens is 255 g/mol. The molecule has 1 aromatic rings. The van der Waals surface area contributed by atoms with Crippen LogP contribution in [0.1, 0.15) is 25.5 Å². The third-order valence-electron chi connectivity index (χ3n) is 2.03. The lowest BCUT2D eigenvalue weighted by atomic mass is 10.1. The summed E-state index contributed by atoms with van der Waals surface area (Å²) in [6.45, 7) is 3.52. The molecular formula is C12H17O5P. The predicted molar refractivity (Wildman–Crippen MR) is 67.7 cm³/mol. The molecule has 6 heteroatoms.